The number of aromatic nitrogens is 1. The summed E-state index contributed by atoms with van der Waals surface area (Å²) in [5.74, 6) is -0.444. The maximum Gasteiger partial charge on any atom is 0.341 e. The van der Waals surface area contributed by atoms with Gasteiger partial charge in [-0.25, -0.2) is 9.78 Å². The van der Waals surface area contributed by atoms with Gasteiger partial charge < -0.3 is 9.84 Å². The van der Waals surface area contributed by atoms with Crippen LogP contribution in [0.15, 0.2) is 36.4 Å². The van der Waals surface area contributed by atoms with Gasteiger partial charge in [-0.3, -0.25) is 0 Å². The van der Waals surface area contributed by atoms with E-state index < -0.39 is 5.97 Å². The van der Waals surface area contributed by atoms with Gasteiger partial charge in [0.05, 0.1) is 10.2 Å². The second-order valence-corrected chi connectivity index (χ2v) is 6.60. The first kappa shape index (κ1) is 16.2. The summed E-state index contributed by atoms with van der Waals surface area (Å²) < 4.78 is 6.30. The second-order valence-electron chi connectivity index (χ2n) is 5.54. The van der Waals surface area contributed by atoms with Gasteiger partial charge in [0, 0.05) is 0 Å². The summed E-state index contributed by atoms with van der Waals surface area (Å²) in [6, 6.07) is 11.6. The first-order valence-electron chi connectivity index (χ1n) is 7.52. The van der Waals surface area contributed by atoms with Crippen LogP contribution >= 0.6 is 11.3 Å². The van der Waals surface area contributed by atoms with Crippen molar-refractivity contribution in [3.63, 3.8) is 0 Å². The minimum atomic E-state index is -0.986. The van der Waals surface area contributed by atoms with Gasteiger partial charge in [0.2, 0.25) is 0 Å². The van der Waals surface area contributed by atoms with Gasteiger partial charge in [0.25, 0.3) is 0 Å². The number of benzene rings is 2. The highest BCUT2D eigenvalue weighted by Gasteiger charge is 2.04. The van der Waals surface area contributed by atoms with Crippen molar-refractivity contribution in [2.75, 3.05) is 6.61 Å². The molecular weight excluding hydrogens is 322 g/mol. The molecule has 1 heterocycles. The molecule has 0 bridgehead atoms. The minimum absolute atomic E-state index is 0.334. The third kappa shape index (κ3) is 3.81. The SMILES string of the molecule is Cc1cc2nc(/C=C\c3ccc(OCC(=O)O)cc3)sc2cc1C. The Balaban J connectivity index is 1.74. The van der Waals surface area contributed by atoms with Crippen molar-refractivity contribution in [3.05, 3.63) is 58.1 Å². The molecule has 3 rings (SSSR count). The molecule has 0 spiro atoms. The maximum absolute atomic E-state index is 10.5. The summed E-state index contributed by atoms with van der Waals surface area (Å²) in [7, 11) is 0. The fraction of sp³-hybridized carbons (Fsp3) is 0.158. The summed E-state index contributed by atoms with van der Waals surface area (Å²) in [4.78, 5) is 15.1. The number of fused-ring (bicyclic) bond motifs is 1. The van der Waals surface area contributed by atoms with E-state index in [1.807, 2.05) is 24.3 Å². The van der Waals surface area contributed by atoms with Crippen LogP contribution < -0.4 is 4.74 Å². The molecule has 1 N–H and O–H groups in total. The number of carbonyl (C=O) groups is 1. The summed E-state index contributed by atoms with van der Waals surface area (Å²) in [5, 5.41) is 9.55. The van der Waals surface area contributed by atoms with Crippen LogP contribution in [0.5, 0.6) is 5.75 Å². The number of hydrogen-bond donors (Lipinski definition) is 1. The highest BCUT2D eigenvalue weighted by molar-refractivity contribution is 7.19. The fourth-order valence-electron chi connectivity index (χ4n) is 2.26. The molecule has 0 fully saturated rings. The van der Waals surface area contributed by atoms with E-state index in [1.165, 1.54) is 15.8 Å². The Morgan fingerprint density at radius 1 is 1.17 bits per heavy atom. The van der Waals surface area contributed by atoms with Crippen molar-refractivity contribution >= 4 is 39.7 Å². The number of carboxylic acids is 1. The highest BCUT2D eigenvalue weighted by Crippen LogP contribution is 2.26. The Hall–Kier alpha value is -2.66. The smallest absolute Gasteiger partial charge is 0.341 e. The predicted molar refractivity (Wildman–Crippen MR) is 97.6 cm³/mol. The summed E-state index contributed by atoms with van der Waals surface area (Å²) in [6.45, 7) is 3.87. The second kappa shape index (κ2) is 6.84. The molecule has 0 amide bonds. The third-order valence-corrected chi connectivity index (χ3v) is 4.66. The van der Waals surface area contributed by atoms with Crippen LogP contribution in [0, 0.1) is 13.8 Å². The molecule has 0 saturated heterocycles. The van der Waals surface area contributed by atoms with E-state index >= 15 is 0 Å². The number of carboxylic acid groups (broad SMARTS) is 1. The Labute approximate surface area is 144 Å². The molecule has 0 saturated carbocycles. The molecule has 0 atom stereocenters. The molecule has 1 aromatic heterocycles. The van der Waals surface area contributed by atoms with Gasteiger partial charge in [-0.1, -0.05) is 18.2 Å². The van der Waals surface area contributed by atoms with Gasteiger partial charge in [0.15, 0.2) is 6.61 Å². The molecule has 122 valence electrons. The van der Waals surface area contributed by atoms with E-state index in [0.717, 1.165) is 16.1 Å². The standard InChI is InChI=1S/C19H17NO3S/c1-12-9-16-17(10-13(12)2)24-18(20-16)8-5-14-3-6-15(7-4-14)23-11-19(21)22/h3-10H,11H2,1-2H3,(H,21,22)/b8-5-. The van der Waals surface area contributed by atoms with E-state index in [2.05, 4.69) is 31.0 Å². The average Bonchev–Trinajstić information content (AvgIpc) is 2.94. The van der Waals surface area contributed by atoms with Crippen molar-refractivity contribution in [2.24, 2.45) is 0 Å². The molecule has 3 aromatic rings. The Morgan fingerprint density at radius 2 is 1.88 bits per heavy atom. The fourth-order valence-corrected chi connectivity index (χ4v) is 3.21. The largest absolute Gasteiger partial charge is 0.482 e. The number of aryl methyl sites for hydroxylation is 2. The molecule has 0 unspecified atom stereocenters. The van der Waals surface area contributed by atoms with Crippen LogP contribution in [0.2, 0.25) is 0 Å². The van der Waals surface area contributed by atoms with Crippen LogP contribution in [-0.4, -0.2) is 22.7 Å². The normalized spacial score (nSPS) is 11.2. The lowest BCUT2D eigenvalue weighted by Gasteiger charge is -2.02. The lowest BCUT2D eigenvalue weighted by atomic mass is 10.1. The van der Waals surface area contributed by atoms with Crippen LogP contribution in [-0.2, 0) is 4.79 Å². The molecule has 5 heteroatoms. The lowest BCUT2D eigenvalue weighted by Crippen LogP contribution is -2.09. The Bertz CT molecular complexity index is 871. The zero-order valence-electron chi connectivity index (χ0n) is 13.4. The Morgan fingerprint density at radius 3 is 2.58 bits per heavy atom. The molecule has 0 radical (unpaired) electrons. The summed E-state index contributed by atoms with van der Waals surface area (Å²) >= 11 is 1.67. The minimum Gasteiger partial charge on any atom is -0.482 e. The topological polar surface area (TPSA) is 59.4 Å². The van der Waals surface area contributed by atoms with E-state index in [0.29, 0.717) is 5.75 Å². The molecule has 0 aliphatic carbocycles. The van der Waals surface area contributed by atoms with Crippen molar-refractivity contribution in [2.45, 2.75) is 13.8 Å². The predicted octanol–water partition coefficient (Wildman–Crippen LogP) is 4.55. The highest BCUT2D eigenvalue weighted by atomic mass is 32.1. The van der Waals surface area contributed by atoms with Crippen molar-refractivity contribution in [1.82, 2.24) is 4.98 Å². The average molecular weight is 339 g/mol. The maximum atomic E-state index is 10.5. The van der Waals surface area contributed by atoms with Gasteiger partial charge in [-0.2, -0.15) is 0 Å². The number of ether oxygens (including phenoxy) is 1. The van der Waals surface area contributed by atoms with Gasteiger partial charge in [-0.05, 0) is 60.9 Å². The van der Waals surface area contributed by atoms with Crippen LogP contribution in [0.3, 0.4) is 0 Å². The lowest BCUT2D eigenvalue weighted by molar-refractivity contribution is -0.139. The molecule has 4 nitrogen and oxygen atoms in total. The molecule has 2 aromatic carbocycles. The molecular formula is C19H17NO3S. The van der Waals surface area contributed by atoms with Gasteiger partial charge in [0.1, 0.15) is 10.8 Å². The quantitative estimate of drug-likeness (QED) is 0.741. The summed E-state index contributed by atoms with van der Waals surface area (Å²) in [6.07, 6.45) is 3.97. The number of rotatable bonds is 5. The zero-order chi connectivity index (χ0) is 17.1. The molecule has 0 aliphatic rings. The first-order chi connectivity index (χ1) is 11.5. The first-order valence-corrected chi connectivity index (χ1v) is 8.33. The van der Waals surface area contributed by atoms with Crippen molar-refractivity contribution < 1.29 is 14.6 Å². The number of aliphatic carboxylic acids is 1. The van der Waals surface area contributed by atoms with Crippen LogP contribution in [0.4, 0.5) is 0 Å². The van der Waals surface area contributed by atoms with E-state index in [9.17, 15) is 4.79 Å². The van der Waals surface area contributed by atoms with Gasteiger partial charge >= 0.3 is 5.97 Å². The van der Waals surface area contributed by atoms with Gasteiger partial charge in [-0.15, -0.1) is 11.3 Å². The monoisotopic (exact) mass is 339 g/mol. The molecule has 0 aliphatic heterocycles. The van der Waals surface area contributed by atoms with Crippen LogP contribution in [0.1, 0.15) is 21.7 Å². The van der Waals surface area contributed by atoms with Crippen molar-refractivity contribution in [1.29, 1.82) is 0 Å². The van der Waals surface area contributed by atoms with E-state index in [1.54, 1.807) is 23.5 Å². The van der Waals surface area contributed by atoms with E-state index in [4.69, 9.17) is 9.84 Å². The number of thiazole rings is 1. The number of nitrogens with zero attached hydrogens (tertiary/aromatic N) is 1. The summed E-state index contributed by atoms with van der Waals surface area (Å²) in [5.41, 5.74) is 4.56. The molecule has 24 heavy (non-hydrogen) atoms. The Kier molecular flexibility index (Phi) is 4.62. The number of hydrogen-bond acceptors (Lipinski definition) is 4. The van der Waals surface area contributed by atoms with E-state index in [-0.39, 0.29) is 6.61 Å². The van der Waals surface area contributed by atoms with Crippen LogP contribution in [0.25, 0.3) is 22.4 Å². The zero-order valence-corrected chi connectivity index (χ0v) is 14.3. The third-order valence-electron chi connectivity index (χ3n) is 3.68. The van der Waals surface area contributed by atoms with Crippen molar-refractivity contribution in [3.8, 4) is 5.75 Å².